The van der Waals surface area contributed by atoms with E-state index in [2.05, 4.69) is 10.3 Å². The van der Waals surface area contributed by atoms with Crippen molar-refractivity contribution in [2.45, 2.75) is 13.3 Å². The summed E-state index contributed by atoms with van der Waals surface area (Å²) in [5, 5.41) is 20.2. The van der Waals surface area contributed by atoms with Gasteiger partial charge in [-0.15, -0.1) is 0 Å². The van der Waals surface area contributed by atoms with Crippen molar-refractivity contribution in [3.05, 3.63) is 120 Å². The first-order chi connectivity index (χ1) is 18.9. The molecular weight excluding hydrogens is 494 g/mol. The zero-order valence-corrected chi connectivity index (χ0v) is 20.8. The normalized spacial score (nSPS) is 10.9. The highest BCUT2D eigenvalue weighted by Crippen LogP contribution is 2.32. The van der Waals surface area contributed by atoms with Gasteiger partial charge < -0.3 is 25.5 Å². The Kier molecular flexibility index (Phi) is 7.15. The quantitative estimate of drug-likeness (QED) is 0.157. The second-order valence-corrected chi connectivity index (χ2v) is 8.86. The van der Waals surface area contributed by atoms with Gasteiger partial charge in [0.1, 0.15) is 12.6 Å². The first kappa shape index (κ1) is 25.4. The van der Waals surface area contributed by atoms with Gasteiger partial charge in [0.2, 0.25) is 0 Å². The number of fused-ring (bicyclic) bond motifs is 1. The zero-order valence-electron chi connectivity index (χ0n) is 20.8. The van der Waals surface area contributed by atoms with Crippen molar-refractivity contribution in [2.24, 2.45) is 5.73 Å². The standard InChI is InChI=1S/C30H25N5O4/c31-28(32)20-10-12-21(13-11-20)34-29(36)25-14-26-27(15-24(25)22-8-4-5-9-23(22)30(37)38)35(17-33-26)18-39-16-19-6-2-1-3-7-19/h1-15,17H,16,18H2,(H3,31,32)(H,34,36)(H,37,38). The van der Waals surface area contributed by atoms with Crippen molar-refractivity contribution in [3.8, 4) is 11.1 Å². The minimum absolute atomic E-state index is 0.0723. The number of anilines is 1. The molecule has 0 bridgehead atoms. The number of amides is 1. The highest BCUT2D eigenvalue weighted by molar-refractivity contribution is 6.12. The van der Waals surface area contributed by atoms with E-state index in [1.54, 1.807) is 60.9 Å². The number of rotatable bonds is 9. The number of nitrogens with one attached hydrogen (secondary N) is 2. The lowest BCUT2D eigenvalue weighted by Gasteiger charge is -2.14. The molecule has 1 aromatic heterocycles. The Morgan fingerprint density at radius 3 is 2.36 bits per heavy atom. The van der Waals surface area contributed by atoms with Crippen LogP contribution in [-0.2, 0) is 18.1 Å². The Bertz CT molecular complexity index is 1680. The number of hydrogen-bond donors (Lipinski definition) is 4. The van der Waals surface area contributed by atoms with E-state index in [-0.39, 0.29) is 23.7 Å². The Balaban J connectivity index is 1.52. The molecule has 5 aromatic rings. The highest BCUT2D eigenvalue weighted by atomic mass is 16.5. The van der Waals surface area contributed by atoms with Crippen molar-refractivity contribution in [2.75, 3.05) is 5.32 Å². The second-order valence-electron chi connectivity index (χ2n) is 8.86. The fraction of sp³-hybridized carbons (Fsp3) is 0.0667. The average molecular weight is 520 g/mol. The smallest absolute Gasteiger partial charge is 0.336 e. The number of carboxylic acid groups (broad SMARTS) is 1. The summed E-state index contributed by atoms with van der Waals surface area (Å²) < 4.78 is 7.70. The summed E-state index contributed by atoms with van der Waals surface area (Å²) in [7, 11) is 0. The van der Waals surface area contributed by atoms with Crippen molar-refractivity contribution < 1.29 is 19.4 Å². The molecule has 0 atom stereocenters. The number of carbonyl (C=O) groups is 2. The van der Waals surface area contributed by atoms with Gasteiger partial charge in [0.05, 0.1) is 29.5 Å². The van der Waals surface area contributed by atoms with E-state index in [0.29, 0.717) is 40.0 Å². The van der Waals surface area contributed by atoms with Gasteiger partial charge in [0.25, 0.3) is 5.91 Å². The topological polar surface area (TPSA) is 143 Å². The molecule has 0 aliphatic carbocycles. The molecule has 0 aliphatic rings. The minimum Gasteiger partial charge on any atom is -0.478 e. The monoisotopic (exact) mass is 519 g/mol. The summed E-state index contributed by atoms with van der Waals surface area (Å²) in [4.78, 5) is 30.0. The Labute approximate surface area is 224 Å². The molecular formula is C30H25N5O4. The number of carbonyl (C=O) groups excluding carboxylic acids is 1. The van der Waals surface area contributed by atoms with Crippen LogP contribution in [0.1, 0.15) is 31.8 Å². The van der Waals surface area contributed by atoms with Gasteiger partial charge in [-0.2, -0.15) is 0 Å². The molecule has 0 spiro atoms. The molecule has 0 saturated heterocycles. The number of aromatic nitrogens is 2. The number of imidazole rings is 1. The number of carboxylic acids is 1. The van der Waals surface area contributed by atoms with Crippen LogP contribution in [0.2, 0.25) is 0 Å². The summed E-state index contributed by atoms with van der Waals surface area (Å²) in [6.07, 6.45) is 1.63. The molecule has 9 heteroatoms. The maximum Gasteiger partial charge on any atom is 0.336 e. The van der Waals surface area contributed by atoms with Crippen molar-refractivity contribution in [1.82, 2.24) is 9.55 Å². The van der Waals surface area contributed by atoms with Crippen LogP contribution in [0.25, 0.3) is 22.2 Å². The number of nitrogens with two attached hydrogens (primary N) is 1. The van der Waals surface area contributed by atoms with Crippen LogP contribution < -0.4 is 11.1 Å². The SMILES string of the molecule is N=C(N)c1ccc(NC(=O)c2cc3ncn(COCc4ccccc4)c3cc2-c2ccccc2C(=O)O)cc1. The number of nitrogens with zero attached hydrogens (tertiary/aromatic N) is 2. The Morgan fingerprint density at radius 1 is 0.923 bits per heavy atom. The first-order valence-corrected chi connectivity index (χ1v) is 12.1. The molecule has 194 valence electrons. The molecule has 0 aliphatic heterocycles. The van der Waals surface area contributed by atoms with E-state index in [4.69, 9.17) is 15.9 Å². The van der Waals surface area contributed by atoms with Crippen LogP contribution in [-0.4, -0.2) is 32.4 Å². The Morgan fingerprint density at radius 2 is 1.64 bits per heavy atom. The maximum atomic E-state index is 13.5. The zero-order chi connectivity index (χ0) is 27.4. The second kappa shape index (κ2) is 11.0. The highest BCUT2D eigenvalue weighted by Gasteiger charge is 2.21. The summed E-state index contributed by atoms with van der Waals surface area (Å²) >= 11 is 0. The summed E-state index contributed by atoms with van der Waals surface area (Å²) in [6.45, 7) is 0.636. The van der Waals surface area contributed by atoms with Gasteiger partial charge in [-0.25, -0.2) is 9.78 Å². The lowest BCUT2D eigenvalue weighted by Crippen LogP contribution is -2.15. The third kappa shape index (κ3) is 5.53. The van der Waals surface area contributed by atoms with E-state index in [9.17, 15) is 14.7 Å². The maximum absolute atomic E-state index is 13.5. The van der Waals surface area contributed by atoms with Crippen molar-refractivity contribution in [1.29, 1.82) is 5.41 Å². The predicted molar refractivity (Wildman–Crippen MR) is 149 cm³/mol. The minimum atomic E-state index is -1.10. The third-order valence-corrected chi connectivity index (χ3v) is 6.25. The van der Waals surface area contributed by atoms with Gasteiger partial charge in [-0.3, -0.25) is 10.2 Å². The van der Waals surface area contributed by atoms with Crippen LogP contribution in [0, 0.1) is 5.41 Å². The Hall–Kier alpha value is -5.28. The predicted octanol–water partition coefficient (Wildman–Crippen LogP) is 5.11. The third-order valence-electron chi connectivity index (χ3n) is 6.25. The molecule has 0 unspecified atom stereocenters. The molecule has 0 radical (unpaired) electrons. The number of ether oxygens (including phenoxy) is 1. The molecule has 1 amide bonds. The summed E-state index contributed by atoms with van der Waals surface area (Å²) in [5.41, 5.74) is 10.0. The van der Waals surface area contributed by atoms with Crippen LogP contribution in [0.5, 0.6) is 0 Å². The molecule has 9 nitrogen and oxygen atoms in total. The van der Waals surface area contributed by atoms with Crippen LogP contribution in [0.15, 0.2) is 97.3 Å². The number of amidine groups is 1. The first-order valence-electron chi connectivity index (χ1n) is 12.1. The number of benzene rings is 4. The lowest BCUT2D eigenvalue weighted by atomic mass is 9.94. The fourth-order valence-electron chi connectivity index (χ4n) is 4.29. The number of hydrogen-bond acceptors (Lipinski definition) is 5. The molecule has 5 N–H and O–H groups in total. The van der Waals surface area contributed by atoms with E-state index in [1.807, 2.05) is 34.9 Å². The molecule has 1 heterocycles. The van der Waals surface area contributed by atoms with Crippen LogP contribution in [0.4, 0.5) is 5.69 Å². The van der Waals surface area contributed by atoms with Gasteiger partial charge in [-0.1, -0.05) is 48.5 Å². The molecule has 0 fully saturated rings. The van der Waals surface area contributed by atoms with E-state index < -0.39 is 11.9 Å². The molecule has 0 saturated carbocycles. The molecule has 5 rings (SSSR count). The van der Waals surface area contributed by atoms with Gasteiger partial charge in [0.15, 0.2) is 0 Å². The number of nitrogen functional groups attached to an aromatic ring is 1. The largest absolute Gasteiger partial charge is 0.478 e. The average Bonchev–Trinajstić information content (AvgIpc) is 3.35. The van der Waals surface area contributed by atoms with Crippen LogP contribution >= 0.6 is 0 Å². The van der Waals surface area contributed by atoms with E-state index in [1.165, 1.54) is 6.07 Å². The number of aromatic carboxylic acids is 1. The van der Waals surface area contributed by atoms with Gasteiger partial charge in [-0.05, 0) is 59.2 Å². The molecule has 39 heavy (non-hydrogen) atoms. The van der Waals surface area contributed by atoms with E-state index in [0.717, 1.165) is 5.56 Å². The van der Waals surface area contributed by atoms with Crippen molar-refractivity contribution in [3.63, 3.8) is 0 Å². The summed E-state index contributed by atoms with van der Waals surface area (Å²) in [6, 6.07) is 26.3. The summed E-state index contributed by atoms with van der Waals surface area (Å²) in [5.74, 6) is -1.61. The fourth-order valence-corrected chi connectivity index (χ4v) is 4.29. The van der Waals surface area contributed by atoms with E-state index >= 15 is 0 Å². The van der Waals surface area contributed by atoms with Gasteiger partial charge in [0, 0.05) is 16.8 Å². The van der Waals surface area contributed by atoms with Gasteiger partial charge >= 0.3 is 5.97 Å². The van der Waals surface area contributed by atoms with Crippen LogP contribution in [0.3, 0.4) is 0 Å². The van der Waals surface area contributed by atoms with Crippen molar-refractivity contribution >= 4 is 34.4 Å². The molecule has 4 aromatic carbocycles. The lowest BCUT2D eigenvalue weighted by molar-refractivity contribution is 0.0664.